The third-order valence-corrected chi connectivity index (χ3v) is 6.40. The summed E-state index contributed by atoms with van der Waals surface area (Å²) in [4.78, 5) is 11.1. The van der Waals surface area contributed by atoms with E-state index in [-0.39, 0.29) is 5.91 Å². The van der Waals surface area contributed by atoms with Crippen molar-refractivity contribution in [3.05, 3.63) is 84.3 Å². The van der Waals surface area contributed by atoms with Gasteiger partial charge in [0.25, 0.3) is 0 Å². The van der Waals surface area contributed by atoms with Crippen molar-refractivity contribution in [2.45, 2.75) is 18.8 Å². The number of hydrogen-bond acceptors (Lipinski definition) is 4. The fourth-order valence-electron chi connectivity index (χ4n) is 4.30. The van der Waals surface area contributed by atoms with Crippen molar-refractivity contribution in [3.63, 3.8) is 0 Å². The molecule has 1 fully saturated rings. The van der Waals surface area contributed by atoms with E-state index >= 15 is 0 Å². The average molecular weight is 485 g/mol. The highest BCUT2D eigenvalue weighted by molar-refractivity contribution is 5.87. The molecule has 3 N–H and O–H groups in total. The lowest BCUT2D eigenvalue weighted by Gasteiger charge is -2.13. The van der Waals surface area contributed by atoms with Crippen molar-refractivity contribution in [1.82, 2.24) is 20.8 Å². The molecule has 36 heavy (non-hydrogen) atoms. The van der Waals surface area contributed by atoms with Gasteiger partial charge in [-0.25, -0.2) is 0 Å². The maximum absolute atomic E-state index is 14.0. The molecule has 1 amide bonds. The molecule has 1 heterocycles. The fraction of sp³-hybridized carbons (Fsp3) is 0.241. The van der Waals surface area contributed by atoms with Crippen LogP contribution in [0.4, 0.5) is 4.39 Å². The van der Waals surface area contributed by atoms with E-state index in [9.17, 15) is 9.18 Å². The molecule has 3 aromatic carbocycles. The standard InChI is InChI=1S/C29H29FN4O2/c1-31-28(35)3-2-14-32-15-16-36-23-10-6-19(7-11-23)24-12-8-21(17-25(24)20-4-5-20)22-9-13-27-26(18-22)29(30)34-33-27/h2-3,6-13,17-18,20,32H,4-5,14-16H2,1H3,(H,31,35)(H,33,34)/b3-2+. The molecule has 0 spiro atoms. The lowest BCUT2D eigenvalue weighted by Crippen LogP contribution is -2.21. The average Bonchev–Trinajstić information content (AvgIpc) is 3.70. The van der Waals surface area contributed by atoms with Gasteiger partial charge in [0.15, 0.2) is 0 Å². The Balaban J connectivity index is 1.25. The number of aromatic nitrogens is 2. The van der Waals surface area contributed by atoms with Crippen LogP contribution >= 0.6 is 0 Å². The van der Waals surface area contributed by atoms with Crippen LogP contribution in [0.2, 0.25) is 0 Å². The van der Waals surface area contributed by atoms with Gasteiger partial charge in [-0.3, -0.25) is 9.89 Å². The molecule has 0 bridgehead atoms. The predicted molar refractivity (Wildman–Crippen MR) is 140 cm³/mol. The van der Waals surface area contributed by atoms with Crippen molar-refractivity contribution in [3.8, 4) is 28.0 Å². The zero-order valence-electron chi connectivity index (χ0n) is 20.2. The first kappa shape index (κ1) is 23.8. The molecule has 7 heteroatoms. The number of hydrogen-bond donors (Lipinski definition) is 3. The van der Waals surface area contributed by atoms with Crippen LogP contribution in [0, 0.1) is 5.95 Å². The number of fused-ring (bicyclic) bond motifs is 1. The number of rotatable bonds is 10. The number of nitrogens with one attached hydrogen (secondary N) is 3. The minimum atomic E-state index is -0.401. The van der Waals surface area contributed by atoms with Crippen LogP contribution in [0.3, 0.4) is 0 Å². The highest BCUT2D eigenvalue weighted by Crippen LogP contribution is 2.46. The SMILES string of the molecule is CNC(=O)/C=C/CNCCOc1ccc(-c2ccc(-c3ccc4n[nH]c(F)c4c3)cc2C2CC2)cc1. The van der Waals surface area contributed by atoms with Crippen molar-refractivity contribution in [2.75, 3.05) is 26.7 Å². The number of nitrogens with zero attached hydrogens (tertiary/aromatic N) is 1. The molecule has 0 saturated heterocycles. The number of carbonyl (C=O) groups is 1. The Hall–Kier alpha value is -3.97. The zero-order chi connectivity index (χ0) is 24.9. The summed E-state index contributed by atoms with van der Waals surface area (Å²) < 4.78 is 19.9. The first-order chi connectivity index (χ1) is 17.6. The van der Waals surface area contributed by atoms with Gasteiger partial charge in [-0.2, -0.15) is 9.49 Å². The molecule has 1 saturated carbocycles. The van der Waals surface area contributed by atoms with E-state index in [2.05, 4.69) is 51.2 Å². The number of aromatic amines is 1. The number of carbonyl (C=O) groups excluding carboxylic acids is 1. The summed E-state index contributed by atoms with van der Waals surface area (Å²) in [6.45, 7) is 1.83. The molecule has 0 atom stereocenters. The van der Waals surface area contributed by atoms with E-state index in [1.54, 1.807) is 13.1 Å². The molecule has 184 valence electrons. The Bertz CT molecular complexity index is 1390. The molecule has 6 nitrogen and oxygen atoms in total. The number of benzene rings is 3. The highest BCUT2D eigenvalue weighted by atomic mass is 19.1. The first-order valence-electron chi connectivity index (χ1n) is 12.2. The second kappa shape index (κ2) is 10.7. The smallest absolute Gasteiger partial charge is 0.243 e. The van der Waals surface area contributed by atoms with Crippen molar-refractivity contribution in [2.24, 2.45) is 0 Å². The van der Waals surface area contributed by atoms with Crippen molar-refractivity contribution in [1.29, 1.82) is 0 Å². The maximum Gasteiger partial charge on any atom is 0.243 e. The van der Waals surface area contributed by atoms with Gasteiger partial charge in [-0.05, 0) is 70.8 Å². The molecule has 1 aliphatic rings. The van der Waals surface area contributed by atoms with Crippen LogP contribution in [0.25, 0.3) is 33.2 Å². The summed E-state index contributed by atoms with van der Waals surface area (Å²) in [7, 11) is 1.60. The van der Waals surface area contributed by atoms with Gasteiger partial charge in [0.1, 0.15) is 12.4 Å². The quantitative estimate of drug-likeness (QED) is 0.214. The Morgan fingerprint density at radius 3 is 2.61 bits per heavy atom. The monoisotopic (exact) mass is 484 g/mol. The first-order valence-corrected chi connectivity index (χ1v) is 12.2. The van der Waals surface area contributed by atoms with Crippen LogP contribution in [0.15, 0.2) is 72.8 Å². The normalized spacial score (nSPS) is 13.4. The van der Waals surface area contributed by atoms with E-state index in [0.29, 0.717) is 36.5 Å². The number of amides is 1. The molecule has 0 aliphatic heterocycles. The number of likely N-dealkylation sites (N-methyl/N-ethyl adjacent to an activating group) is 1. The third-order valence-electron chi connectivity index (χ3n) is 6.40. The van der Waals surface area contributed by atoms with Crippen LogP contribution in [0.5, 0.6) is 5.75 Å². The zero-order valence-corrected chi connectivity index (χ0v) is 20.2. The third kappa shape index (κ3) is 5.47. The minimum absolute atomic E-state index is 0.112. The molecule has 4 aromatic rings. The minimum Gasteiger partial charge on any atom is -0.492 e. The lowest BCUT2D eigenvalue weighted by molar-refractivity contribution is -0.116. The predicted octanol–water partition coefficient (Wildman–Crippen LogP) is 5.18. The topological polar surface area (TPSA) is 79.0 Å². The summed E-state index contributed by atoms with van der Waals surface area (Å²) in [6, 6.07) is 20.4. The van der Waals surface area contributed by atoms with E-state index in [1.807, 2.05) is 30.3 Å². The summed E-state index contributed by atoms with van der Waals surface area (Å²) in [5.41, 5.74) is 6.42. The van der Waals surface area contributed by atoms with E-state index < -0.39 is 5.95 Å². The van der Waals surface area contributed by atoms with Crippen LogP contribution in [0.1, 0.15) is 24.3 Å². The van der Waals surface area contributed by atoms with Gasteiger partial charge in [-0.1, -0.05) is 42.5 Å². The Kier molecular flexibility index (Phi) is 7.09. The maximum atomic E-state index is 14.0. The lowest BCUT2D eigenvalue weighted by atomic mass is 9.92. The summed E-state index contributed by atoms with van der Waals surface area (Å²) in [5, 5.41) is 12.7. The largest absolute Gasteiger partial charge is 0.492 e. The molecule has 1 aromatic heterocycles. The number of ether oxygens (including phenoxy) is 1. The second-order valence-corrected chi connectivity index (χ2v) is 8.94. The highest BCUT2D eigenvalue weighted by Gasteiger charge is 2.27. The van der Waals surface area contributed by atoms with Crippen LogP contribution in [-0.2, 0) is 4.79 Å². The molecular formula is C29H29FN4O2. The molecule has 1 aliphatic carbocycles. The molecule has 5 rings (SSSR count). The Labute approximate surface area is 209 Å². The van der Waals surface area contributed by atoms with E-state index in [1.165, 1.54) is 30.0 Å². The van der Waals surface area contributed by atoms with Gasteiger partial charge in [0.05, 0.1) is 10.9 Å². The fourth-order valence-corrected chi connectivity index (χ4v) is 4.30. The van der Waals surface area contributed by atoms with Gasteiger partial charge >= 0.3 is 0 Å². The number of H-pyrrole nitrogens is 1. The van der Waals surface area contributed by atoms with Gasteiger partial charge in [0, 0.05) is 26.2 Å². The molecule has 0 unspecified atom stereocenters. The van der Waals surface area contributed by atoms with Crippen LogP contribution < -0.4 is 15.4 Å². The summed E-state index contributed by atoms with van der Waals surface area (Å²) in [6.07, 6.45) is 5.67. The van der Waals surface area contributed by atoms with E-state index in [0.717, 1.165) is 22.4 Å². The number of halogens is 1. The Morgan fingerprint density at radius 2 is 1.83 bits per heavy atom. The van der Waals surface area contributed by atoms with E-state index in [4.69, 9.17) is 4.74 Å². The Morgan fingerprint density at radius 1 is 1.08 bits per heavy atom. The van der Waals surface area contributed by atoms with Gasteiger partial charge in [0.2, 0.25) is 11.9 Å². The van der Waals surface area contributed by atoms with Crippen molar-refractivity contribution >= 4 is 16.8 Å². The van der Waals surface area contributed by atoms with Crippen molar-refractivity contribution < 1.29 is 13.9 Å². The molecule has 0 radical (unpaired) electrons. The van der Waals surface area contributed by atoms with Gasteiger partial charge < -0.3 is 15.4 Å². The molecular weight excluding hydrogens is 455 g/mol. The summed E-state index contributed by atoms with van der Waals surface area (Å²) in [5.74, 6) is 0.871. The summed E-state index contributed by atoms with van der Waals surface area (Å²) >= 11 is 0. The van der Waals surface area contributed by atoms with Crippen LogP contribution in [-0.4, -0.2) is 42.8 Å². The van der Waals surface area contributed by atoms with Gasteiger partial charge in [-0.15, -0.1) is 0 Å². The second-order valence-electron chi connectivity index (χ2n) is 8.94.